The molecule has 1 amide bonds. The highest BCUT2D eigenvalue weighted by molar-refractivity contribution is 7.12. The number of thiophene rings is 1. The number of carbonyl (C=O) groups excluding carboxylic acids is 1. The number of carbonyl (C=O) groups is 2. The lowest BCUT2D eigenvalue weighted by Crippen LogP contribution is -2.39. The minimum atomic E-state index is -4.46. The van der Waals surface area contributed by atoms with Gasteiger partial charge in [0.2, 0.25) is 5.91 Å². The smallest absolute Gasteiger partial charge is 0.426 e. The normalized spacial score (nSPS) is 17.7. The molecule has 1 N–H and O–H groups in total. The van der Waals surface area contributed by atoms with Crippen LogP contribution in [0.4, 0.5) is 18.9 Å². The van der Waals surface area contributed by atoms with Crippen LogP contribution in [0.1, 0.15) is 21.7 Å². The minimum Gasteiger partial charge on any atom is -0.488 e. The molecule has 3 heterocycles. The van der Waals surface area contributed by atoms with Gasteiger partial charge in [-0.15, -0.1) is 11.3 Å². The van der Waals surface area contributed by atoms with Gasteiger partial charge in [-0.05, 0) is 54.8 Å². The first-order valence-electron chi connectivity index (χ1n) is 12.0. The van der Waals surface area contributed by atoms with E-state index in [9.17, 15) is 22.8 Å². The van der Waals surface area contributed by atoms with Gasteiger partial charge in [-0.25, -0.2) is 0 Å². The number of hydrogen-bond acceptors (Lipinski definition) is 5. The zero-order chi connectivity index (χ0) is 26.2. The van der Waals surface area contributed by atoms with E-state index in [0.29, 0.717) is 60.0 Å². The quantitative estimate of drug-likeness (QED) is 0.449. The summed E-state index contributed by atoms with van der Waals surface area (Å²) in [5.74, 6) is -0.814. The maximum atomic E-state index is 13.7. The SMILES string of the molecule is O=C(O)[C@@H]1CCN(CC(=O)N2CCc3cc(OCc4cc(-c5ccccc5)c(C(F)(F)F)s4)ccc32)C1. The van der Waals surface area contributed by atoms with Crippen LogP contribution < -0.4 is 9.64 Å². The monoisotopic (exact) mass is 530 g/mol. The number of hydrogen-bond donors (Lipinski definition) is 1. The van der Waals surface area contributed by atoms with E-state index in [1.165, 1.54) is 6.07 Å². The van der Waals surface area contributed by atoms with Gasteiger partial charge in [-0.2, -0.15) is 13.2 Å². The first-order chi connectivity index (χ1) is 17.7. The molecule has 0 radical (unpaired) electrons. The number of alkyl halides is 3. The van der Waals surface area contributed by atoms with Crippen LogP contribution in [0.25, 0.3) is 11.1 Å². The van der Waals surface area contributed by atoms with Crippen molar-refractivity contribution in [2.75, 3.05) is 31.1 Å². The molecule has 1 fully saturated rings. The Morgan fingerprint density at radius 1 is 1.08 bits per heavy atom. The number of benzene rings is 2. The molecule has 37 heavy (non-hydrogen) atoms. The van der Waals surface area contributed by atoms with Crippen LogP contribution in [0.15, 0.2) is 54.6 Å². The van der Waals surface area contributed by atoms with Crippen LogP contribution in [0.5, 0.6) is 5.75 Å². The Bertz CT molecular complexity index is 1310. The van der Waals surface area contributed by atoms with Crippen molar-refractivity contribution in [1.82, 2.24) is 4.90 Å². The fraction of sp³-hybridized carbons (Fsp3) is 0.333. The number of anilines is 1. The van der Waals surface area contributed by atoms with Crippen LogP contribution in [-0.2, 0) is 28.8 Å². The van der Waals surface area contributed by atoms with E-state index in [0.717, 1.165) is 11.3 Å². The summed E-state index contributed by atoms with van der Waals surface area (Å²) in [6.45, 7) is 1.65. The molecule has 0 bridgehead atoms. The summed E-state index contributed by atoms with van der Waals surface area (Å²) in [4.78, 5) is 27.5. The highest BCUT2D eigenvalue weighted by Crippen LogP contribution is 2.43. The van der Waals surface area contributed by atoms with Gasteiger partial charge >= 0.3 is 12.1 Å². The number of fused-ring (bicyclic) bond motifs is 1. The first-order valence-corrected chi connectivity index (χ1v) is 12.8. The number of likely N-dealkylation sites (tertiary alicyclic amines) is 1. The number of amides is 1. The predicted molar refractivity (Wildman–Crippen MR) is 134 cm³/mol. The Hall–Kier alpha value is -3.37. The van der Waals surface area contributed by atoms with Gasteiger partial charge in [-0.3, -0.25) is 14.5 Å². The van der Waals surface area contributed by atoms with E-state index in [4.69, 9.17) is 9.84 Å². The Balaban J connectivity index is 1.24. The largest absolute Gasteiger partial charge is 0.488 e. The molecule has 5 rings (SSSR count). The Kier molecular flexibility index (Phi) is 6.96. The van der Waals surface area contributed by atoms with Crippen LogP contribution in [0, 0.1) is 5.92 Å². The standard InChI is InChI=1S/C27H25F3N2O4S/c28-27(29,30)25-22(17-4-2-1-3-5-17)13-21(37-25)16-36-20-6-7-23-18(12-20)9-11-32(23)24(33)15-31-10-8-19(14-31)26(34)35/h1-7,12-13,19H,8-11,14-16H2,(H,34,35)/t19-/m1/s1. The van der Waals surface area contributed by atoms with E-state index < -0.39 is 22.9 Å². The summed E-state index contributed by atoms with van der Waals surface area (Å²) >= 11 is 0.683. The molecule has 1 atom stereocenters. The minimum absolute atomic E-state index is 0.00170. The van der Waals surface area contributed by atoms with Gasteiger partial charge in [0, 0.05) is 29.2 Å². The number of rotatable bonds is 7. The van der Waals surface area contributed by atoms with Crippen molar-refractivity contribution in [3.05, 3.63) is 69.9 Å². The lowest BCUT2D eigenvalue weighted by molar-refractivity contribution is -0.141. The highest BCUT2D eigenvalue weighted by atomic mass is 32.1. The third kappa shape index (κ3) is 5.50. The molecule has 2 aliphatic heterocycles. The molecule has 1 saturated heterocycles. The van der Waals surface area contributed by atoms with Gasteiger partial charge in [-0.1, -0.05) is 30.3 Å². The number of carboxylic acid groups (broad SMARTS) is 1. The fourth-order valence-corrected chi connectivity index (χ4v) is 5.85. The van der Waals surface area contributed by atoms with Crippen molar-refractivity contribution in [3.8, 4) is 16.9 Å². The lowest BCUT2D eigenvalue weighted by atomic mass is 10.1. The summed E-state index contributed by atoms with van der Waals surface area (Å²) in [7, 11) is 0. The zero-order valence-corrected chi connectivity index (χ0v) is 20.6. The van der Waals surface area contributed by atoms with Crippen LogP contribution in [-0.4, -0.2) is 48.1 Å². The van der Waals surface area contributed by atoms with E-state index >= 15 is 0 Å². The Morgan fingerprint density at radius 3 is 2.57 bits per heavy atom. The molecular formula is C27H25F3N2O4S. The van der Waals surface area contributed by atoms with Gasteiger partial charge in [0.05, 0.1) is 12.5 Å². The van der Waals surface area contributed by atoms with Crippen molar-refractivity contribution in [2.24, 2.45) is 5.92 Å². The third-order valence-corrected chi connectivity index (χ3v) is 7.89. The van der Waals surface area contributed by atoms with Crippen molar-refractivity contribution >= 4 is 28.9 Å². The molecule has 194 valence electrons. The average molecular weight is 531 g/mol. The second-order valence-corrected chi connectivity index (χ2v) is 10.4. The van der Waals surface area contributed by atoms with Crippen LogP contribution >= 0.6 is 11.3 Å². The molecule has 2 aliphatic rings. The fourth-order valence-electron chi connectivity index (χ4n) is 4.89. The molecule has 1 aromatic heterocycles. The van der Waals surface area contributed by atoms with Gasteiger partial charge in [0.1, 0.15) is 17.2 Å². The summed E-state index contributed by atoms with van der Waals surface area (Å²) in [6, 6.07) is 15.4. The Labute approximate surface area is 215 Å². The summed E-state index contributed by atoms with van der Waals surface area (Å²) in [6.07, 6.45) is -3.27. The van der Waals surface area contributed by atoms with Crippen LogP contribution in [0.3, 0.4) is 0 Å². The summed E-state index contributed by atoms with van der Waals surface area (Å²) in [5, 5.41) is 9.17. The van der Waals surface area contributed by atoms with E-state index in [-0.39, 0.29) is 24.6 Å². The molecule has 0 saturated carbocycles. The van der Waals surface area contributed by atoms with Crippen molar-refractivity contribution in [2.45, 2.75) is 25.6 Å². The van der Waals surface area contributed by atoms with E-state index in [1.54, 1.807) is 47.4 Å². The van der Waals surface area contributed by atoms with Gasteiger partial charge in [0.25, 0.3) is 0 Å². The number of nitrogens with zero attached hydrogens (tertiary/aromatic N) is 2. The third-order valence-electron chi connectivity index (χ3n) is 6.73. The summed E-state index contributed by atoms with van der Waals surface area (Å²) in [5.41, 5.74) is 2.37. The number of ether oxygens (including phenoxy) is 1. The lowest BCUT2D eigenvalue weighted by Gasteiger charge is -2.21. The first kappa shape index (κ1) is 25.3. The zero-order valence-electron chi connectivity index (χ0n) is 19.8. The maximum Gasteiger partial charge on any atom is 0.426 e. The number of halogens is 3. The molecule has 6 nitrogen and oxygen atoms in total. The van der Waals surface area contributed by atoms with E-state index in [1.807, 2.05) is 11.0 Å². The predicted octanol–water partition coefficient (Wildman–Crippen LogP) is 5.31. The summed E-state index contributed by atoms with van der Waals surface area (Å²) < 4.78 is 46.8. The van der Waals surface area contributed by atoms with Crippen LogP contribution in [0.2, 0.25) is 0 Å². The van der Waals surface area contributed by atoms with Crippen molar-refractivity contribution in [3.63, 3.8) is 0 Å². The molecule has 0 spiro atoms. The molecule has 0 unspecified atom stereocenters. The molecule has 2 aromatic carbocycles. The van der Waals surface area contributed by atoms with Gasteiger partial charge < -0.3 is 14.7 Å². The topological polar surface area (TPSA) is 70.1 Å². The highest BCUT2D eigenvalue weighted by Gasteiger charge is 2.36. The molecule has 10 heteroatoms. The molecular weight excluding hydrogens is 505 g/mol. The van der Waals surface area contributed by atoms with Gasteiger partial charge in [0.15, 0.2) is 0 Å². The second kappa shape index (κ2) is 10.2. The van der Waals surface area contributed by atoms with E-state index in [2.05, 4.69) is 0 Å². The Morgan fingerprint density at radius 2 is 1.86 bits per heavy atom. The number of carboxylic acids is 1. The van der Waals surface area contributed by atoms with Crippen molar-refractivity contribution in [1.29, 1.82) is 0 Å². The maximum absolute atomic E-state index is 13.7. The molecule has 3 aromatic rings. The second-order valence-electron chi connectivity index (χ2n) is 9.25. The van der Waals surface area contributed by atoms with Crippen molar-refractivity contribution < 1.29 is 32.6 Å². The molecule has 0 aliphatic carbocycles. The average Bonchev–Trinajstić information content (AvgIpc) is 3.61. The number of aliphatic carboxylic acids is 1.